The molecule has 0 radical (unpaired) electrons. The molecule has 16 heteroatoms. The summed E-state index contributed by atoms with van der Waals surface area (Å²) in [6, 6.07) is 9.72. The molecule has 0 spiro atoms. The number of carbonyl (C=O) groups is 1. The molecule has 41 heavy (non-hydrogen) atoms. The molecule has 1 fully saturated rings. The summed E-state index contributed by atoms with van der Waals surface area (Å²) in [6.07, 6.45) is -1.13. The summed E-state index contributed by atoms with van der Waals surface area (Å²) < 4.78 is 56.7. The zero-order valence-electron chi connectivity index (χ0n) is 22.7. The zero-order chi connectivity index (χ0) is 29.8. The molecule has 0 bridgehead atoms. The van der Waals surface area contributed by atoms with Gasteiger partial charge in [-0.25, -0.2) is 18.5 Å². The molecular formula is C25H33FN5O9P. The number of nitrogen functional groups attached to an aromatic ring is 1. The molecule has 224 valence electrons. The molecular weight excluding hydrogens is 564 g/mol. The van der Waals surface area contributed by atoms with Crippen molar-refractivity contribution in [3.8, 4) is 5.75 Å². The quantitative estimate of drug-likeness (QED) is 0.163. The van der Waals surface area contributed by atoms with Crippen molar-refractivity contribution in [3.05, 3.63) is 54.5 Å². The minimum absolute atomic E-state index is 0.0549. The van der Waals surface area contributed by atoms with E-state index in [1.165, 1.54) is 42.8 Å². The molecule has 1 aromatic carbocycles. The summed E-state index contributed by atoms with van der Waals surface area (Å²) in [7, 11) is -2.99. The van der Waals surface area contributed by atoms with Gasteiger partial charge in [0.1, 0.15) is 48.6 Å². The van der Waals surface area contributed by atoms with E-state index in [1.807, 2.05) is 0 Å². The number of carbonyl (C=O) groups excluding carboxylic acids is 1. The van der Waals surface area contributed by atoms with Gasteiger partial charge >= 0.3 is 13.7 Å². The number of halogens is 1. The number of ether oxygens (including phenoxy) is 3. The van der Waals surface area contributed by atoms with Gasteiger partial charge in [-0.3, -0.25) is 9.32 Å². The minimum Gasteiger partial charge on any atom is -0.462 e. The maximum Gasteiger partial charge on any atom is 0.459 e. The van der Waals surface area contributed by atoms with Crippen LogP contribution in [-0.4, -0.2) is 88.2 Å². The maximum atomic E-state index is 14.6. The van der Waals surface area contributed by atoms with Crippen LogP contribution < -0.4 is 15.3 Å². The fourth-order valence-corrected chi connectivity index (χ4v) is 5.75. The highest BCUT2D eigenvalue weighted by Gasteiger charge is 2.60. The number of nitrogens with zero attached hydrogens (tertiary/aromatic N) is 3. The number of aliphatic hydroxyl groups is 2. The number of methoxy groups -OCH3 is 1. The molecule has 0 aliphatic carbocycles. The third kappa shape index (κ3) is 6.36. The van der Waals surface area contributed by atoms with Crippen molar-refractivity contribution in [3.63, 3.8) is 0 Å². The van der Waals surface area contributed by atoms with Crippen LogP contribution in [0.3, 0.4) is 0 Å². The van der Waals surface area contributed by atoms with E-state index in [9.17, 15) is 24.0 Å². The molecule has 0 amide bonds. The number of nitrogens with one attached hydrogen (secondary N) is 1. The van der Waals surface area contributed by atoms with Gasteiger partial charge in [-0.2, -0.15) is 10.2 Å². The number of rotatable bonds is 13. The number of fused-ring (bicyclic) bond motifs is 1. The smallest absolute Gasteiger partial charge is 0.459 e. The Balaban J connectivity index is 1.56. The summed E-state index contributed by atoms with van der Waals surface area (Å²) in [5.41, 5.74) is 1.95. The predicted molar refractivity (Wildman–Crippen MR) is 143 cm³/mol. The number of hydrogen-bond acceptors (Lipinski definition) is 12. The molecule has 0 saturated carbocycles. The van der Waals surface area contributed by atoms with Crippen LogP contribution in [0.4, 0.5) is 10.2 Å². The molecule has 1 aliphatic heterocycles. The number of alkyl halides is 1. The lowest BCUT2D eigenvalue weighted by Gasteiger charge is -2.33. The van der Waals surface area contributed by atoms with Crippen LogP contribution in [0, 0.1) is 0 Å². The first-order chi connectivity index (χ1) is 19.5. The topological polar surface area (TPSA) is 189 Å². The summed E-state index contributed by atoms with van der Waals surface area (Å²) in [5, 5.41) is 29.3. The van der Waals surface area contributed by atoms with E-state index >= 15 is 0 Å². The fraction of sp³-hybridized carbons (Fsp3) is 0.480. The molecule has 2 aromatic heterocycles. The zero-order valence-corrected chi connectivity index (χ0v) is 23.6. The van der Waals surface area contributed by atoms with E-state index in [0.717, 1.165) is 6.33 Å². The predicted octanol–water partition coefficient (Wildman–Crippen LogP) is 1.36. The van der Waals surface area contributed by atoms with Crippen molar-refractivity contribution in [2.75, 3.05) is 39.3 Å². The van der Waals surface area contributed by atoms with E-state index in [4.69, 9.17) is 29.0 Å². The van der Waals surface area contributed by atoms with Crippen molar-refractivity contribution in [2.24, 2.45) is 0 Å². The van der Waals surface area contributed by atoms with Gasteiger partial charge in [-0.05, 0) is 38.1 Å². The van der Waals surface area contributed by atoms with Gasteiger partial charge in [-0.1, -0.05) is 18.2 Å². The van der Waals surface area contributed by atoms with Crippen molar-refractivity contribution < 1.29 is 47.2 Å². The van der Waals surface area contributed by atoms with E-state index in [2.05, 4.69) is 15.2 Å². The summed E-state index contributed by atoms with van der Waals surface area (Å²) >= 11 is 0. The van der Waals surface area contributed by atoms with E-state index < -0.39 is 57.0 Å². The molecule has 14 nitrogen and oxygen atoms in total. The molecule has 1 aliphatic rings. The molecule has 3 heterocycles. The van der Waals surface area contributed by atoms with Crippen LogP contribution in [0.1, 0.15) is 19.5 Å². The van der Waals surface area contributed by atoms with Crippen molar-refractivity contribution in [1.82, 2.24) is 19.7 Å². The van der Waals surface area contributed by atoms with Crippen molar-refractivity contribution in [1.29, 1.82) is 0 Å². The lowest BCUT2D eigenvalue weighted by molar-refractivity contribution is -0.148. The van der Waals surface area contributed by atoms with Gasteiger partial charge in [0.25, 0.3) is 0 Å². The number of esters is 1. The number of para-hydroxylation sites is 1. The first kappa shape index (κ1) is 30.8. The Bertz CT molecular complexity index is 1400. The maximum absolute atomic E-state index is 14.6. The van der Waals surface area contributed by atoms with Gasteiger partial charge in [0.15, 0.2) is 11.4 Å². The van der Waals surface area contributed by atoms with Gasteiger partial charge in [-0.15, -0.1) is 0 Å². The highest BCUT2D eigenvalue weighted by atomic mass is 31.2. The number of anilines is 1. The Morgan fingerprint density at radius 2 is 2.05 bits per heavy atom. The largest absolute Gasteiger partial charge is 0.462 e. The van der Waals surface area contributed by atoms with Gasteiger partial charge in [0.05, 0.1) is 25.0 Å². The Labute approximate surface area is 235 Å². The van der Waals surface area contributed by atoms with E-state index in [0.29, 0.717) is 5.52 Å². The fourth-order valence-electron chi connectivity index (χ4n) is 4.20. The van der Waals surface area contributed by atoms with Gasteiger partial charge < -0.3 is 34.7 Å². The normalized spacial score (nSPS) is 25.5. The molecule has 1 saturated heterocycles. The monoisotopic (exact) mass is 597 g/mol. The highest BCUT2D eigenvalue weighted by Crippen LogP contribution is 2.48. The lowest BCUT2D eigenvalue weighted by atomic mass is 9.86. The highest BCUT2D eigenvalue weighted by molar-refractivity contribution is 7.52. The number of aromatic nitrogens is 3. The second-order valence-electron chi connectivity index (χ2n) is 9.68. The van der Waals surface area contributed by atoms with Crippen molar-refractivity contribution >= 4 is 25.1 Å². The minimum atomic E-state index is -4.45. The summed E-state index contributed by atoms with van der Waals surface area (Å²) in [6.45, 7) is 0.276. The third-order valence-corrected chi connectivity index (χ3v) is 8.32. The molecule has 6 atom stereocenters. The lowest BCUT2D eigenvalue weighted by Crippen LogP contribution is -2.53. The van der Waals surface area contributed by atoms with Crippen LogP contribution >= 0.6 is 7.75 Å². The Hall–Kier alpha value is -3.17. The van der Waals surface area contributed by atoms with Crippen molar-refractivity contribution in [2.45, 2.75) is 43.3 Å². The first-order valence-corrected chi connectivity index (χ1v) is 14.2. The second-order valence-corrected chi connectivity index (χ2v) is 11.4. The SMILES string of the molecule is CO[C@@H](C)COC(=O)[C@H](C)N[P@@](=O)(OC[C@@]1(CF)OC[C@@](O)(c2ccc3c(N)ncnn23)[C@@H]1O)Oc1ccccc1. The molecule has 5 N–H and O–H groups in total. The van der Waals surface area contributed by atoms with Crippen LogP contribution in [0.2, 0.25) is 0 Å². The Kier molecular flexibility index (Phi) is 9.29. The summed E-state index contributed by atoms with van der Waals surface area (Å²) in [5.74, 6) is -0.534. The van der Waals surface area contributed by atoms with Gasteiger partial charge in [0, 0.05) is 7.11 Å². The first-order valence-electron chi connectivity index (χ1n) is 12.6. The second kappa shape index (κ2) is 12.4. The molecule has 0 unspecified atom stereocenters. The number of benzene rings is 1. The third-order valence-electron chi connectivity index (χ3n) is 6.70. The number of nitrogens with two attached hydrogens (primary N) is 1. The van der Waals surface area contributed by atoms with E-state index in [-0.39, 0.29) is 30.0 Å². The molecule has 3 aromatic rings. The summed E-state index contributed by atoms with van der Waals surface area (Å²) in [4.78, 5) is 16.4. The average Bonchev–Trinajstić information content (AvgIpc) is 3.52. The van der Waals surface area contributed by atoms with Crippen LogP contribution in [0.25, 0.3) is 5.52 Å². The molecule has 4 rings (SSSR count). The standard InChI is InChI=1S/C25H33FN5O9P/c1-16(36-3)11-37-22(32)17(2)30-41(35,40-18-7-5-4-6-8-18)39-13-24(12-26)23(33)25(34,14-38-24)20-10-9-19-21(27)28-15-29-31(19)20/h4-10,15-17,23,33-34H,11-14H2,1-3H3,(H,30,35)(H2,27,28,29)/t16-,17-,23+,24+,25+,41+/m0/s1. The average molecular weight is 598 g/mol. The Morgan fingerprint density at radius 1 is 1.32 bits per heavy atom. The van der Waals surface area contributed by atoms with Crippen LogP contribution in [0.5, 0.6) is 5.75 Å². The van der Waals surface area contributed by atoms with E-state index in [1.54, 1.807) is 25.1 Å². The number of hydrogen-bond donors (Lipinski definition) is 4. The van der Waals surface area contributed by atoms with Crippen LogP contribution in [0.15, 0.2) is 48.8 Å². The number of aliphatic hydroxyl groups excluding tert-OH is 1. The Morgan fingerprint density at radius 3 is 2.73 bits per heavy atom. The van der Waals surface area contributed by atoms with Gasteiger partial charge in [0.2, 0.25) is 0 Å². The van der Waals surface area contributed by atoms with Crippen LogP contribution in [-0.2, 0) is 33.7 Å².